The van der Waals surface area contributed by atoms with Crippen molar-refractivity contribution in [2.75, 3.05) is 0 Å². The normalized spacial score (nSPS) is 29.1. The van der Waals surface area contributed by atoms with Gasteiger partial charge in [0.1, 0.15) is 0 Å². The second-order valence-corrected chi connectivity index (χ2v) is 3.48. The van der Waals surface area contributed by atoms with Gasteiger partial charge < -0.3 is 0 Å². The molecule has 1 saturated carbocycles. The Balaban J connectivity index is 2.06. The summed E-state index contributed by atoms with van der Waals surface area (Å²) in [5.74, 6) is 0. The zero-order valence-corrected chi connectivity index (χ0v) is 5.69. The van der Waals surface area contributed by atoms with Crippen LogP contribution in [0, 0.1) is 5.41 Å². The van der Waals surface area contributed by atoms with Crippen LogP contribution < -0.4 is 0 Å². The zero-order valence-electron chi connectivity index (χ0n) is 5.69. The van der Waals surface area contributed by atoms with Crippen LogP contribution in [0.15, 0.2) is 24.3 Å². The molecule has 1 fully saturated rings. The Morgan fingerprint density at radius 2 is 1.78 bits per heavy atom. The topological polar surface area (TPSA) is 0 Å². The van der Waals surface area contributed by atoms with Crippen LogP contribution in [0.1, 0.15) is 25.7 Å². The molecule has 0 N–H and O–H groups in total. The molecule has 2 rings (SSSR count). The van der Waals surface area contributed by atoms with Crippen molar-refractivity contribution in [1.29, 1.82) is 0 Å². The maximum atomic E-state index is 3.95. The lowest BCUT2D eigenvalue weighted by molar-refractivity contribution is 0.227. The van der Waals surface area contributed by atoms with Gasteiger partial charge in [0.2, 0.25) is 0 Å². The Morgan fingerprint density at radius 1 is 1.22 bits per heavy atom. The lowest BCUT2D eigenvalue weighted by Crippen LogP contribution is -2.27. The van der Waals surface area contributed by atoms with Crippen molar-refractivity contribution in [2.45, 2.75) is 25.7 Å². The molecule has 2 aliphatic carbocycles. The number of allylic oxidation sites excluding steroid dienone is 3. The third-order valence-corrected chi connectivity index (χ3v) is 2.52. The van der Waals surface area contributed by atoms with Crippen molar-refractivity contribution >= 4 is 0 Å². The van der Waals surface area contributed by atoms with E-state index < -0.39 is 0 Å². The number of hydrogen-bond donors (Lipinski definition) is 0. The van der Waals surface area contributed by atoms with Gasteiger partial charge in [0.05, 0.1) is 0 Å². The van der Waals surface area contributed by atoms with Crippen molar-refractivity contribution in [3.05, 3.63) is 24.3 Å². The van der Waals surface area contributed by atoms with Crippen molar-refractivity contribution in [3.63, 3.8) is 0 Å². The maximum absolute atomic E-state index is 3.95. The quantitative estimate of drug-likeness (QED) is 0.431. The molecule has 0 aromatic heterocycles. The first-order valence-corrected chi connectivity index (χ1v) is 3.62. The lowest BCUT2D eigenvalue weighted by Gasteiger charge is -2.40. The first-order valence-electron chi connectivity index (χ1n) is 3.62. The summed E-state index contributed by atoms with van der Waals surface area (Å²) in [6.07, 6.45) is 9.83. The van der Waals surface area contributed by atoms with Gasteiger partial charge in [-0.2, -0.15) is 0 Å². The molecule has 1 spiro atoms. The standard InChI is InChI=1S/C9H12/c1-8-6-9(7-8)4-2-3-5-9/h2-3H,1,4-7H2. The number of rotatable bonds is 0. The summed E-state index contributed by atoms with van der Waals surface area (Å²) in [7, 11) is 0. The van der Waals surface area contributed by atoms with E-state index in [9.17, 15) is 0 Å². The van der Waals surface area contributed by atoms with Crippen molar-refractivity contribution in [3.8, 4) is 0 Å². The molecule has 0 heterocycles. The molecule has 0 atom stereocenters. The van der Waals surface area contributed by atoms with E-state index in [4.69, 9.17) is 0 Å². The van der Waals surface area contributed by atoms with E-state index in [1.54, 1.807) is 0 Å². The Hall–Kier alpha value is -0.520. The van der Waals surface area contributed by atoms with Gasteiger partial charge in [0.25, 0.3) is 0 Å². The van der Waals surface area contributed by atoms with Gasteiger partial charge in [-0.3, -0.25) is 0 Å². The smallest absolute Gasteiger partial charge is 0.0154 e. The molecule has 0 aromatic carbocycles. The maximum Gasteiger partial charge on any atom is -0.0154 e. The minimum absolute atomic E-state index is 0.678. The molecule has 0 aliphatic heterocycles. The minimum Gasteiger partial charge on any atom is -0.0998 e. The van der Waals surface area contributed by atoms with Crippen molar-refractivity contribution < 1.29 is 0 Å². The van der Waals surface area contributed by atoms with Gasteiger partial charge in [-0.1, -0.05) is 24.3 Å². The van der Waals surface area contributed by atoms with Crippen LogP contribution in [0.3, 0.4) is 0 Å². The van der Waals surface area contributed by atoms with Crippen molar-refractivity contribution in [1.82, 2.24) is 0 Å². The second-order valence-electron chi connectivity index (χ2n) is 3.48. The summed E-state index contributed by atoms with van der Waals surface area (Å²) in [5, 5.41) is 0. The molecule has 0 amide bonds. The summed E-state index contributed by atoms with van der Waals surface area (Å²) in [4.78, 5) is 0. The summed E-state index contributed by atoms with van der Waals surface area (Å²) in [5.41, 5.74) is 2.13. The van der Waals surface area contributed by atoms with Gasteiger partial charge in [0.15, 0.2) is 0 Å². The highest BCUT2D eigenvalue weighted by Crippen LogP contribution is 2.52. The van der Waals surface area contributed by atoms with Gasteiger partial charge in [-0.05, 0) is 31.1 Å². The highest BCUT2D eigenvalue weighted by atomic mass is 14.4. The van der Waals surface area contributed by atoms with Gasteiger partial charge in [-0.15, -0.1) is 0 Å². The van der Waals surface area contributed by atoms with E-state index in [0.717, 1.165) is 0 Å². The van der Waals surface area contributed by atoms with Crippen LogP contribution in [0.2, 0.25) is 0 Å². The zero-order chi connectivity index (χ0) is 6.32. The molecule has 0 nitrogen and oxygen atoms in total. The van der Waals surface area contributed by atoms with E-state index in [1.807, 2.05) is 0 Å². The fourth-order valence-corrected chi connectivity index (χ4v) is 2.05. The molecule has 0 bridgehead atoms. The fraction of sp³-hybridized carbons (Fsp3) is 0.556. The molecular formula is C9H12. The minimum atomic E-state index is 0.678. The SMILES string of the molecule is C=C1CC2(CC=CC2)C1. The van der Waals surface area contributed by atoms with E-state index in [1.165, 1.54) is 31.3 Å². The van der Waals surface area contributed by atoms with Crippen LogP contribution in [0.25, 0.3) is 0 Å². The average molecular weight is 120 g/mol. The predicted octanol–water partition coefficient (Wildman–Crippen LogP) is 2.67. The Morgan fingerprint density at radius 3 is 2.22 bits per heavy atom. The molecule has 0 heteroatoms. The Kier molecular flexibility index (Phi) is 0.879. The first-order chi connectivity index (χ1) is 4.31. The van der Waals surface area contributed by atoms with Crippen LogP contribution in [0.5, 0.6) is 0 Å². The van der Waals surface area contributed by atoms with E-state index in [2.05, 4.69) is 18.7 Å². The van der Waals surface area contributed by atoms with Crippen LogP contribution in [0.4, 0.5) is 0 Å². The summed E-state index contributed by atoms with van der Waals surface area (Å²) in [6.45, 7) is 3.95. The molecule has 2 aliphatic rings. The summed E-state index contributed by atoms with van der Waals surface area (Å²) >= 11 is 0. The molecule has 0 saturated heterocycles. The summed E-state index contributed by atoms with van der Waals surface area (Å²) < 4.78 is 0. The highest BCUT2D eigenvalue weighted by Gasteiger charge is 2.39. The Labute approximate surface area is 56.3 Å². The fourth-order valence-electron chi connectivity index (χ4n) is 2.05. The van der Waals surface area contributed by atoms with Gasteiger partial charge >= 0.3 is 0 Å². The van der Waals surface area contributed by atoms with Gasteiger partial charge in [-0.25, -0.2) is 0 Å². The molecular weight excluding hydrogens is 108 g/mol. The molecule has 0 radical (unpaired) electrons. The van der Waals surface area contributed by atoms with E-state index in [-0.39, 0.29) is 0 Å². The average Bonchev–Trinajstić information content (AvgIpc) is 2.12. The van der Waals surface area contributed by atoms with Crippen LogP contribution in [-0.2, 0) is 0 Å². The monoisotopic (exact) mass is 120 g/mol. The second kappa shape index (κ2) is 1.50. The van der Waals surface area contributed by atoms with Crippen LogP contribution >= 0.6 is 0 Å². The van der Waals surface area contributed by atoms with Crippen LogP contribution in [-0.4, -0.2) is 0 Å². The van der Waals surface area contributed by atoms with E-state index >= 15 is 0 Å². The Bertz CT molecular complexity index is 156. The first kappa shape index (κ1) is 5.28. The third-order valence-electron chi connectivity index (χ3n) is 2.52. The summed E-state index contributed by atoms with van der Waals surface area (Å²) in [6, 6.07) is 0. The van der Waals surface area contributed by atoms with E-state index in [0.29, 0.717) is 5.41 Å². The molecule has 0 unspecified atom stereocenters. The predicted molar refractivity (Wildman–Crippen MR) is 39.2 cm³/mol. The molecule has 9 heavy (non-hydrogen) atoms. The van der Waals surface area contributed by atoms with Gasteiger partial charge in [0, 0.05) is 0 Å². The third kappa shape index (κ3) is 0.658. The largest absolute Gasteiger partial charge is 0.0998 e. The lowest BCUT2D eigenvalue weighted by atomic mass is 9.64. The molecule has 48 valence electrons. The molecule has 0 aromatic rings. The van der Waals surface area contributed by atoms with Crippen molar-refractivity contribution in [2.24, 2.45) is 5.41 Å². The number of hydrogen-bond acceptors (Lipinski definition) is 0. The highest BCUT2D eigenvalue weighted by molar-refractivity contribution is 5.21.